The van der Waals surface area contributed by atoms with Gasteiger partial charge in [-0.05, 0) is 50.0 Å². The first-order chi connectivity index (χ1) is 9.86. The average Bonchev–Trinajstić information content (AvgIpc) is 2.49. The summed E-state index contributed by atoms with van der Waals surface area (Å²) in [6, 6.07) is 0. The molecule has 0 heterocycles. The molecule has 0 aromatic carbocycles. The van der Waals surface area contributed by atoms with Crippen LogP contribution >= 0.6 is 31.9 Å². The molecule has 112 valence electrons. The number of rotatable bonds is 1. The van der Waals surface area contributed by atoms with E-state index in [1.807, 2.05) is 13.0 Å². The van der Waals surface area contributed by atoms with Crippen LogP contribution in [-0.2, 0) is 4.79 Å². The van der Waals surface area contributed by atoms with Crippen LogP contribution in [0.3, 0.4) is 0 Å². The highest BCUT2D eigenvalue weighted by molar-refractivity contribution is 9.12. The van der Waals surface area contributed by atoms with E-state index in [0.717, 1.165) is 10.9 Å². The van der Waals surface area contributed by atoms with Crippen LogP contribution in [0.4, 0.5) is 0 Å². The number of halogens is 2. The Labute approximate surface area is 141 Å². The number of Topliss-reactive ketones (excluding diaryl/α,β-unsaturated/α-hetero) is 1. The van der Waals surface area contributed by atoms with E-state index >= 15 is 0 Å². The Morgan fingerprint density at radius 1 is 1.43 bits per heavy atom. The van der Waals surface area contributed by atoms with Crippen molar-refractivity contribution in [2.75, 3.05) is 0 Å². The molecule has 2 N–H and O–H groups in total. The van der Waals surface area contributed by atoms with Crippen molar-refractivity contribution in [1.29, 1.82) is 5.41 Å². The van der Waals surface area contributed by atoms with Gasteiger partial charge in [0, 0.05) is 14.5 Å². The van der Waals surface area contributed by atoms with Crippen LogP contribution in [-0.4, -0.2) is 16.6 Å². The number of carbonyl (C=O) groups is 1. The largest absolute Gasteiger partial charge is 0.507 e. The molecular formula is C16H17Br2NO2. The van der Waals surface area contributed by atoms with Gasteiger partial charge in [-0.1, -0.05) is 44.5 Å². The van der Waals surface area contributed by atoms with Gasteiger partial charge in [0.1, 0.15) is 11.5 Å². The Morgan fingerprint density at radius 3 is 2.71 bits per heavy atom. The van der Waals surface area contributed by atoms with Gasteiger partial charge in [-0.2, -0.15) is 0 Å². The second-order valence-electron chi connectivity index (χ2n) is 4.55. The van der Waals surface area contributed by atoms with Crippen LogP contribution in [0.15, 0.2) is 56.8 Å². The van der Waals surface area contributed by atoms with Gasteiger partial charge in [0.2, 0.25) is 5.78 Å². The summed E-state index contributed by atoms with van der Waals surface area (Å²) in [6.07, 6.45) is 8.42. The first-order valence-corrected chi connectivity index (χ1v) is 8.06. The Hall–Kier alpha value is -1.20. The third kappa shape index (κ3) is 5.25. The van der Waals surface area contributed by atoms with Gasteiger partial charge in [0.25, 0.3) is 0 Å². The van der Waals surface area contributed by atoms with Crippen molar-refractivity contribution in [3.05, 3.63) is 56.8 Å². The fraction of sp³-hybridized carbons (Fsp3) is 0.250. The quantitative estimate of drug-likeness (QED) is 0.574. The second-order valence-corrected chi connectivity index (χ2v) is 6.42. The number of allylic oxidation sites excluding steroid dienone is 8. The minimum absolute atomic E-state index is 0.0547. The molecule has 0 saturated carbocycles. The SMILES string of the molecule is C=C1/C=C\C(O)=C(\Br)CCC/C(=C/C(Br)=C\C)C(=N)C1=O. The minimum atomic E-state index is -0.431. The maximum Gasteiger partial charge on any atom is 0.210 e. The van der Waals surface area contributed by atoms with Crippen molar-refractivity contribution in [3.8, 4) is 0 Å². The van der Waals surface area contributed by atoms with Gasteiger partial charge in [-0.25, -0.2) is 0 Å². The summed E-state index contributed by atoms with van der Waals surface area (Å²) >= 11 is 6.70. The topological polar surface area (TPSA) is 61.1 Å². The molecule has 0 amide bonds. The lowest BCUT2D eigenvalue weighted by Crippen LogP contribution is -2.16. The molecule has 0 saturated heterocycles. The summed E-state index contributed by atoms with van der Waals surface area (Å²) in [5.41, 5.74) is 0.776. The number of nitrogens with one attached hydrogen (secondary N) is 1. The smallest absolute Gasteiger partial charge is 0.210 e. The second kappa shape index (κ2) is 8.29. The molecule has 0 radical (unpaired) electrons. The zero-order chi connectivity index (χ0) is 16.0. The summed E-state index contributed by atoms with van der Waals surface area (Å²) in [4.78, 5) is 12.2. The standard InChI is InChI=1S/C16H17Br2NO2/c1-3-12(17)9-11-5-4-6-13(18)14(20)8-7-10(2)16(21)15(11)19/h3,7-9,19-20H,2,4-6H2,1H3/b8-7-,11-9-,12-3+,14-13-,19-15?. The molecule has 0 aromatic rings. The molecule has 1 aliphatic carbocycles. The van der Waals surface area contributed by atoms with Gasteiger partial charge < -0.3 is 5.11 Å². The Morgan fingerprint density at radius 2 is 2.10 bits per heavy atom. The summed E-state index contributed by atoms with van der Waals surface area (Å²) < 4.78 is 1.50. The first-order valence-electron chi connectivity index (χ1n) is 6.47. The molecule has 21 heavy (non-hydrogen) atoms. The van der Waals surface area contributed by atoms with Crippen molar-refractivity contribution in [3.63, 3.8) is 0 Å². The number of aliphatic hydroxyl groups excluding tert-OH is 1. The van der Waals surface area contributed by atoms with E-state index in [1.165, 1.54) is 12.2 Å². The van der Waals surface area contributed by atoms with Crippen LogP contribution < -0.4 is 0 Å². The molecule has 3 nitrogen and oxygen atoms in total. The van der Waals surface area contributed by atoms with Crippen LogP contribution in [0.5, 0.6) is 0 Å². The van der Waals surface area contributed by atoms with Crippen LogP contribution in [0.1, 0.15) is 26.2 Å². The summed E-state index contributed by atoms with van der Waals surface area (Å²) in [5.74, 6) is -0.350. The summed E-state index contributed by atoms with van der Waals surface area (Å²) in [6.45, 7) is 5.54. The van der Waals surface area contributed by atoms with E-state index in [0.29, 0.717) is 22.9 Å². The van der Waals surface area contributed by atoms with Crippen LogP contribution in [0.25, 0.3) is 0 Å². The number of hydrogen-bond donors (Lipinski definition) is 2. The van der Waals surface area contributed by atoms with Crippen LogP contribution in [0, 0.1) is 5.41 Å². The molecular weight excluding hydrogens is 398 g/mol. The predicted octanol–water partition coefficient (Wildman–Crippen LogP) is 5.26. The van der Waals surface area contributed by atoms with E-state index in [1.54, 1.807) is 6.08 Å². The van der Waals surface area contributed by atoms with Crippen molar-refractivity contribution in [2.45, 2.75) is 26.2 Å². The third-order valence-corrected chi connectivity index (χ3v) is 4.48. The van der Waals surface area contributed by atoms with E-state index in [9.17, 15) is 9.90 Å². The maximum atomic E-state index is 12.2. The van der Waals surface area contributed by atoms with Gasteiger partial charge in [0.05, 0.1) is 0 Å². The van der Waals surface area contributed by atoms with E-state index in [4.69, 9.17) is 5.41 Å². The zero-order valence-corrected chi connectivity index (χ0v) is 14.9. The molecule has 0 aliphatic heterocycles. The minimum Gasteiger partial charge on any atom is -0.507 e. The maximum absolute atomic E-state index is 12.2. The highest BCUT2D eigenvalue weighted by Gasteiger charge is 2.17. The normalized spacial score (nSPS) is 26.0. The molecule has 1 rings (SSSR count). The van der Waals surface area contributed by atoms with E-state index < -0.39 is 5.78 Å². The molecule has 5 heteroatoms. The molecule has 0 bridgehead atoms. The average molecular weight is 415 g/mol. The monoisotopic (exact) mass is 413 g/mol. The van der Waals surface area contributed by atoms with Gasteiger partial charge >= 0.3 is 0 Å². The Kier molecular flexibility index (Phi) is 7.05. The van der Waals surface area contributed by atoms with E-state index in [-0.39, 0.29) is 17.0 Å². The predicted molar refractivity (Wildman–Crippen MR) is 94.2 cm³/mol. The molecule has 0 aromatic heterocycles. The lowest BCUT2D eigenvalue weighted by atomic mass is 9.97. The molecule has 0 spiro atoms. The van der Waals surface area contributed by atoms with Gasteiger partial charge in [-0.3, -0.25) is 10.2 Å². The third-order valence-electron chi connectivity index (χ3n) is 2.99. The molecule has 0 atom stereocenters. The van der Waals surface area contributed by atoms with E-state index in [2.05, 4.69) is 38.4 Å². The summed E-state index contributed by atoms with van der Waals surface area (Å²) in [5, 5.41) is 17.9. The number of aliphatic hydroxyl groups is 1. The first kappa shape index (κ1) is 17.9. The highest BCUT2D eigenvalue weighted by Crippen LogP contribution is 2.24. The van der Waals surface area contributed by atoms with Crippen LogP contribution in [0.2, 0.25) is 0 Å². The number of hydrogen-bond acceptors (Lipinski definition) is 3. The highest BCUT2D eigenvalue weighted by atomic mass is 79.9. The lowest BCUT2D eigenvalue weighted by Gasteiger charge is -2.08. The molecule has 0 unspecified atom stereocenters. The molecule has 1 aliphatic rings. The zero-order valence-electron chi connectivity index (χ0n) is 11.7. The van der Waals surface area contributed by atoms with Crippen molar-refractivity contribution < 1.29 is 9.90 Å². The number of ketones is 1. The summed E-state index contributed by atoms with van der Waals surface area (Å²) in [7, 11) is 0. The van der Waals surface area contributed by atoms with Crippen molar-refractivity contribution in [1.82, 2.24) is 0 Å². The fourth-order valence-electron chi connectivity index (χ4n) is 1.73. The molecule has 0 fully saturated rings. The van der Waals surface area contributed by atoms with Crippen molar-refractivity contribution >= 4 is 43.4 Å². The van der Waals surface area contributed by atoms with Gasteiger partial charge in [-0.15, -0.1) is 0 Å². The van der Waals surface area contributed by atoms with Gasteiger partial charge in [0.15, 0.2) is 0 Å². The fourth-order valence-corrected chi connectivity index (χ4v) is 2.42. The Balaban J connectivity index is 3.21. The lowest BCUT2D eigenvalue weighted by molar-refractivity contribution is -0.109. The Bertz CT molecular complexity index is 595. The number of carbonyl (C=O) groups excluding carboxylic acids is 1. The van der Waals surface area contributed by atoms with Crippen molar-refractivity contribution in [2.24, 2.45) is 0 Å².